The van der Waals surface area contributed by atoms with Crippen LogP contribution in [-0.4, -0.2) is 41.0 Å². The first-order valence-corrected chi connectivity index (χ1v) is 13.2. The average Bonchev–Trinajstić information content (AvgIpc) is 3.20. The van der Waals surface area contributed by atoms with Crippen molar-refractivity contribution < 1.29 is 19.4 Å². The van der Waals surface area contributed by atoms with Gasteiger partial charge < -0.3 is 14.7 Å². The smallest absolute Gasteiger partial charge is 0.300 e. The van der Waals surface area contributed by atoms with E-state index < -0.39 is 17.7 Å². The Labute approximate surface area is 223 Å². The van der Waals surface area contributed by atoms with E-state index in [0.717, 1.165) is 24.3 Å². The van der Waals surface area contributed by atoms with Crippen LogP contribution in [0.5, 0.6) is 5.75 Å². The lowest BCUT2D eigenvalue weighted by atomic mass is 9.97. The van der Waals surface area contributed by atoms with Crippen molar-refractivity contribution in [3.8, 4) is 5.75 Å². The summed E-state index contributed by atoms with van der Waals surface area (Å²) in [6.07, 6.45) is 5.21. The largest absolute Gasteiger partial charge is 0.507 e. The van der Waals surface area contributed by atoms with E-state index in [1.807, 2.05) is 51.1 Å². The molecule has 7 nitrogen and oxygen atoms in total. The van der Waals surface area contributed by atoms with E-state index in [1.165, 1.54) is 24.2 Å². The average molecular weight is 512 g/mol. The van der Waals surface area contributed by atoms with Gasteiger partial charge in [0.1, 0.15) is 17.6 Å². The third-order valence-corrected chi connectivity index (χ3v) is 7.07. The van der Waals surface area contributed by atoms with Crippen LogP contribution < -0.4 is 14.5 Å². The summed E-state index contributed by atoms with van der Waals surface area (Å²) in [6.45, 7) is 7.80. The first-order valence-electron chi connectivity index (χ1n) is 13.2. The highest BCUT2D eigenvalue weighted by atomic mass is 16.5. The molecule has 7 heteroatoms. The number of benzene rings is 2. The summed E-state index contributed by atoms with van der Waals surface area (Å²) < 4.78 is 5.82. The summed E-state index contributed by atoms with van der Waals surface area (Å²) in [6, 6.07) is 17.5. The summed E-state index contributed by atoms with van der Waals surface area (Å²) in [5, 5.41) is 11.4. The van der Waals surface area contributed by atoms with E-state index >= 15 is 0 Å². The molecule has 0 radical (unpaired) electrons. The molecule has 2 fully saturated rings. The van der Waals surface area contributed by atoms with E-state index in [1.54, 1.807) is 36.5 Å². The molecule has 1 atom stereocenters. The number of Topliss-reactive ketones (excluding diaryl/α,β-unsaturated/α-hetero) is 1. The highest BCUT2D eigenvalue weighted by Gasteiger charge is 2.47. The summed E-state index contributed by atoms with van der Waals surface area (Å²) >= 11 is 0. The summed E-state index contributed by atoms with van der Waals surface area (Å²) in [5.74, 6) is -0.958. The molecule has 2 aromatic carbocycles. The number of aromatic nitrogens is 1. The number of ether oxygens (including phenoxy) is 1. The van der Waals surface area contributed by atoms with Gasteiger partial charge in [0.2, 0.25) is 0 Å². The predicted octanol–water partition coefficient (Wildman–Crippen LogP) is 5.79. The molecule has 0 aliphatic carbocycles. The molecule has 196 valence electrons. The lowest BCUT2D eigenvalue weighted by molar-refractivity contribution is -0.132. The van der Waals surface area contributed by atoms with Gasteiger partial charge in [-0.3, -0.25) is 19.5 Å². The van der Waals surface area contributed by atoms with Crippen LogP contribution in [0, 0.1) is 6.92 Å². The van der Waals surface area contributed by atoms with Crippen molar-refractivity contribution in [3.05, 3.63) is 89.3 Å². The number of aliphatic hydroxyl groups excluding tert-OH is 1. The maximum absolute atomic E-state index is 13.4. The van der Waals surface area contributed by atoms with Crippen molar-refractivity contribution >= 4 is 28.8 Å². The van der Waals surface area contributed by atoms with Crippen molar-refractivity contribution in [2.45, 2.75) is 52.2 Å². The molecule has 3 heterocycles. The van der Waals surface area contributed by atoms with Crippen molar-refractivity contribution in [1.82, 2.24) is 4.98 Å². The van der Waals surface area contributed by atoms with Crippen LogP contribution in [0.3, 0.4) is 0 Å². The molecule has 2 aliphatic heterocycles. The van der Waals surface area contributed by atoms with Crippen LogP contribution in [0.2, 0.25) is 0 Å². The molecular formula is C31H33N3O4. The molecule has 3 aromatic rings. The van der Waals surface area contributed by atoms with Gasteiger partial charge in [0.05, 0.1) is 17.4 Å². The number of rotatable bonds is 6. The van der Waals surface area contributed by atoms with Gasteiger partial charge in [-0.1, -0.05) is 6.07 Å². The van der Waals surface area contributed by atoms with Gasteiger partial charge in [-0.25, -0.2) is 0 Å². The van der Waals surface area contributed by atoms with Gasteiger partial charge >= 0.3 is 0 Å². The predicted molar refractivity (Wildman–Crippen MR) is 148 cm³/mol. The van der Waals surface area contributed by atoms with E-state index in [-0.39, 0.29) is 17.4 Å². The van der Waals surface area contributed by atoms with E-state index in [0.29, 0.717) is 22.7 Å². The van der Waals surface area contributed by atoms with Crippen LogP contribution in [0.4, 0.5) is 11.4 Å². The number of carbonyl (C=O) groups is 2. The molecule has 1 aromatic heterocycles. The zero-order chi connectivity index (χ0) is 26.8. The first-order chi connectivity index (χ1) is 18.3. The van der Waals surface area contributed by atoms with Gasteiger partial charge in [0.25, 0.3) is 11.7 Å². The van der Waals surface area contributed by atoms with Crippen molar-refractivity contribution in [2.24, 2.45) is 0 Å². The van der Waals surface area contributed by atoms with Gasteiger partial charge in [-0.2, -0.15) is 0 Å². The van der Waals surface area contributed by atoms with Gasteiger partial charge in [0.15, 0.2) is 0 Å². The molecule has 0 saturated carbocycles. The fourth-order valence-corrected chi connectivity index (χ4v) is 5.23. The number of amides is 1. The zero-order valence-electron chi connectivity index (χ0n) is 22.1. The molecule has 0 bridgehead atoms. The molecule has 1 unspecified atom stereocenters. The molecule has 5 rings (SSSR count). The number of hydrogen-bond donors (Lipinski definition) is 1. The number of carbonyl (C=O) groups excluding carboxylic acids is 2. The number of hydrogen-bond acceptors (Lipinski definition) is 6. The molecule has 1 N–H and O–H groups in total. The number of pyridine rings is 1. The Kier molecular flexibility index (Phi) is 7.18. The minimum Gasteiger partial charge on any atom is -0.507 e. The van der Waals surface area contributed by atoms with Crippen LogP contribution >= 0.6 is 0 Å². The number of aliphatic hydroxyl groups is 1. The molecule has 1 amide bonds. The maximum atomic E-state index is 13.4. The van der Waals surface area contributed by atoms with Gasteiger partial charge in [-0.15, -0.1) is 0 Å². The zero-order valence-corrected chi connectivity index (χ0v) is 22.1. The fourth-order valence-electron chi connectivity index (χ4n) is 5.23. The summed E-state index contributed by atoms with van der Waals surface area (Å²) in [4.78, 5) is 35.1. The quantitative estimate of drug-likeness (QED) is 0.256. The fraction of sp³-hybridized carbons (Fsp3) is 0.323. The first kappa shape index (κ1) is 25.5. The second kappa shape index (κ2) is 10.7. The maximum Gasteiger partial charge on any atom is 0.300 e. The highest BCUT2D eigenvalue weighted by molar-refractivity contribution is 6.51. The summed E-state index contributed by atoms with van der Waals surface area (Å²) in [7, 11) is 0. The number of piperidine rings is 1. The minimum atomic E-state index is -0.857. The molecule has 2 saturated heterocycles. The Morgan fingerprint density at radius 2 is 1.68 bits per heavy atom. The molecule has 38 heavy (non-hydrogen) atoms. The highest BCUT2D eigenvalue weighted by Crippen LogP contribution is 2.42. The topological polar surface area (TPSA) is 83.0 Å². The van der Waals surface area contributed by atoms with Crippen LogP contribution in [0.1, 0.15) is 56.0 Å². The molecular weight excluding hydrogens is 478 g/mol. The third-order valence-electron chi connectivity index (χ3n) is 7.07. The van der Waals surface area contributed by atoms with Crippen molar-refractivity contribution in [1.29, 1.82) is 0 Å². The number of nitrogens with zero attached hydrogens (tertiary/aromatic N) is 3. The van der Waals surface area contributed by atoms with Crippen molar-refractivity contribution in [2.75, 3.05) is 22.9 Å². The van der Waals surface area contributed by atoms with Crippen LogP contribution in [0.15, 0.2) is 72.4 Å². The number of aryl methyl sites for hydroxylation is 1. The van der Waals surface area contributed by atoms with E-state index in [2.05, 4.69) is 9.88 Å². The minimum absolute atomic E-state index is 0.00364. The van der Waals surface area contributed by atoms with E-state index in [4.69, 9.17) is 4.74 Å². The van der Waals surface area contributed by atoms with E-state index in [9.17, 15) is 14.7 Å². The monoisotopic (exact) mass is 511 g/mol. The third kappa shape index (κ3) is 4.88. The Bertz CT molecular complexity index is 1360. The standard InChI is InChI=1S/C31H33N3O4/c1-20(2)38-26-15-10-22(19-21(26)3)29(35)27-28(25-9-5-6-16-32-25)34(31(37)30(27)36)24-13-11-23(12-14-24)33-17-7-4-8-18-33/h5-6,9-16,19-20,28,35H,4,7-8,17-18H2,1-3H3/b29-27-. The Morgan fingerprint density at radius 1 is 0.974 bits per heavy atom. The summed E-state index contributed by atoms with van der Waals surface area (Å²) in [5.41, 5.74) is 3.46. The number of anilines is 2. The van der Waals surface area contributed by atoms with Crippen molar-refractivity contribution in [3.63, 3.8) is 0 Å². The second-order valence-electron chi connectivity index (χ2n) is 10.1. The lowest BCUT2D eigenvalue weighted by Crippen LogP contribution is -2.31. The normalized spacial score (nSPS) is 19.3. The second-order valence-corrected chi connectivity index (χ2v) is 10.1. The van der Waals surface area contributed by atoms with Crippen LogP contribution in [0.25, 0.3) is 5.76 Å². The molecule has 0 spiro atoms. The SMILES string of the molecule is Cc1cc(/C(O)=C2/C(=O)C(=O)N(c3ccc(N4CCCCC4)cc3)C2c2ccccn2)ccc1OC(C)C. The Balaban J connectivity index is 1.57. The van der Waals surface area contributed by atoms with Gasteiger partial charge in [0, 0.05) is 36.2 Å². The Hall–Kier alpha value is -4.13. The Morgan fingerprint density at radius 3 is 2.32 bits per heavy atom. The molecule has 2 aliphatic rings. The number of ketones is 1. The van der Waals surface area contributed by atoms with Gasteiger partial charge in [-0.05, 0) is 100 Å². The van der Waals surface area contributed by atoms with Crippen LogP contribution in [-0.2, 0) is 9.59 Å². The lowest BCUT2D eigenvalue weighted by Gasteiger charge is -2.30.